The molecule has 1 aromatic heterocycles. The SMILES string of the molecule is CCc1nn(C)c(CC(C)(O)C(C)C)c1Cl. The molecule has 16 heavy (non-hydrogen) atoms. The molecule has 1 N–H and O–H groups in total. The minimum Gasteiger partial charge on any atom is -0.390 e. The fraction of sp³-hybridized carbons (Fsp3) is 0.750. The fourth-order valence-corrected chi connectivity index (χ4v) is 1.92. The molecule has 0 radical (unpaired) electrons. The standard InChI is InChI=1S/C12H21ClN2O/c1-6-9-11(13)10(15(5)14-9)7-12(4,16)8(2)3/h8,16H,6-7H2,1-5H3. The molecule has 92 valence electrons. The maximum Gasteiger partial charge on any atom is 0.0850 e. The Balaban J connectivity index is 3.02. The molecule has 1 rings (SSSR count). The van der Waals surface area contributed by atoms with Crippen molar-refractivity contribution in [2.75, 3.05) is 0 Å². The summed E-state index contributed by atoms with van der Waals surface area (Å²) in [6.07, 6.45) is 1.35. The quantitative estimate of drug-likeness (QED) is 0.884. The van der Waals surface area contributed by atoms with Gasteiger partial charge in [0.1, 0.15) is 0 Å². The molecule has 1 atom stereocenters. The van der Waals surface area contributed by atoms with Crippen LogP contribution in [0.5, 0.6) is 0 Å². The first-order valence-electron chi connectivity index (χ1n) is 5.72. The molecule has 1 aromatic rings. The highest BCUT2D eigenvalue weighted by Crippen LogP contribution is 2.28. The van der Waals surface area contributed by atoms with Crippen LogP contribution in [0.15, 0.2) is 0 Å². The maximum atomic E-state index is 10.3. The van der Waals surface area contributed by atoms with Crippen molar-refractivity contribution in [3.05, 3.63) is 16.4 Å². The highest BCUT2D eigenvalue weighted by atomic mass is 35.5. The van der Waals surface area contributed by atoms with E-state index in [9.17, 15) is 5.11 Å². The number of halogens is 1. The topological polar surface area (TPSA) is 38.0 Å². The van der Waals surface area contributed by atoms with Gasteiger partial charge >= 0.3 is 0 Å². The summed E-state index contributed by atoms with van der Waals surface area (Å²) in [5, 5.41) is 15.3. The Morgan fingerprint density at radius 1 is 1.50 bits per heavy atom. The van der Waals surface area contributed by atoms with Gasteiger partial charge in [0.05, 0.1) is 22.0 Å². The molecule has 0 aliphatic carbocycles. The Kier molecular flexibility index (Phi) is 4.02. The predicted octanol–water partition coefficient (Wildman–Crippen LogP) is 2.59. The third kappa shape index (κ3) is 2.58. The van der Waals surface area contributed by atoms with Crippen LogP contribution in [0, 0.1) is 5.92 Å². The molecule has 1 unspecified atom stereocenters. The molecule has 0 saturated carbocycles. The van der Waals surface area contributed by atoms with Gasteiger partial charge in [0.2, 0.25) is 0 Å². The lowest BCUT2D eigenvalue weighted by molar-refractivity contribution is 0.0123. The smallest absolute Gasteiger partial charge is 0.0850 e. The number of hydrogen-bond donors (Lipinski definition) is 1. The van der Waals surface area contributed by atoms with Crippen molar-refractivity contribution < 1.29 is 5.11 Å². The number of nitrogens with zero attached hydrogens (tertiary/aromatic N) is 2. The van der Waals surface area contributed by atoms with Gasteiger partial charge in [-0.2, -0.15) is 5.10 Å². The Hall–Kier alpha value is -0.540. The fourth-order valence-electron chi connectivity index (χ4n) is 1.55. The van der Waals surface area contributed by atoms with Crippen LogP contribution in [-0.2, 0) is 19.9 Å². The van der Waals surface area contributed by atoms with E-state index >= 15 is 0 Å². The van der Waals surface area contributed by atoms with Crippen LogP contribution in [0.1, 0.15) is 39.1 Å². The predicted molar refractivity (Wildman–Crippen MR) is 66.8 cm³/mol. The third-order valence-electron chi connectivity index (χ3n) is 3.27. The lowest BCUT2D eigenvalue weighted by Crippen LogP contribution is -2.34. The first-order chi connectivity index (χ1) is 7.29. The van der Waals surface area contributed by atoms with E-state index in [1.165, 1.54) is 0 Å². The first-order valence-corrected chi connectivity index (χ1v) is 6.10. The summed E-state index contributed by atoms with van der Waals surface area (Å²) >= 11 is 6.25. The largest absolute Gasteiger partial charge is 0.390 e. The minimum atomic E-state index is -0.748. The van der Waals surface area contributed by atoms with E-state index in [2.05, 4.69) is 5.10 Å². The van der Waals surface area contributed by atoms with Gasteiger partial charge in [0, 0.05) is 13.5 Å². The van der Waals surface area contributed by atoms with Crippen molar-refractivity contribution >= 4 is 11.6 Å². The van der Waals surface area contributed by atoms with E-state index in [0.29, 0.717) is 11.4 Å². The van der Waals surface area contributed by atoms with Crippen molar-refractivity contribution in [2.24, 2.45) is 13.0 Å². The van der Waals surface area contributed by atoms with E-state index in [1.807, 2.05) is 34.7 Å². The molecular formula is C12H21ClN2O. The van der Waals surface area contributed by atoms with E-state index in [1.54, 1.807) is 4.68 Å². The second-order valence-electron chi connectivity index (χ2n) is 4.87. The van der Waals surface area contributed by atoms with Crippen LogP contribution < -0.4 is 0 Å². The molecule has 0 saturated heterocycles. The van der Waals surface area contributed by atoms with E-state index in [-0.39, 0.29) is 5.92 Å². The minimum absolute atomic E-state index is 0.184. The van der Waals surface area contributed by atoms with Crippen LogP contribution in [0.2, 0.25) is 5.02 Å². The van der Waals surface area contributed by atoms with Gasteiger partial charge < -0.3 is 5.11 Å². The van der Waals surface area contributed by atoms with E-state index in [4.69, 9.17) is 11.6 Å². The van der Waals surface area contributed by atoms with E-state index < -0.39 is 5.60 Å². The summed E-state index contributed by atoms with van der Waals surface area (Å²) in [6, 6.07) is 0. The molecule has 0 aliphatic rings. The zero-order chi connectivity index (χ0) is 12.5. The van der Waals surface area contributed by atoms with Gasteiger partial charge in [-0.05, 0) is 19.3 Å². The first kappa shape index (κ1) is 13.5. The molecule has 0 bridgehead atoms. The zero-order valence-corrected chi connectivity index (χ0v) is 11.5. The van der Waals surface area contributed by atoms with Crippen LogP contribution in [-0.4, -0.2) is 20.5 Å². The highest BCUT2D eigenvalue weighted by molar-refractivity contribution is 6.31. The van der Waals surface area contributed by atoms with Gasteiger partial charge in [-0.1, -0.05) is 32.4 Å². The Morgan fingerprint density at radius 3 is 2.44 bits per heavy atom. The Labute approximate surface area is 102 Å². The summed E-state index contributed by atoms with van der Waals surface area (Å²) < 4.78 is 1.78. The lowest BCUT2D eigenvalue weighted by Gasteiger charge is -2.27. The molecule has 0 aromatic carbocycles. The summed E-state index contributed by atoms with van der Waals surface area (Å²) in [6.45, 7) is 7.88. The summed E-state index contributed by atoms with van der Waals surface area (Å²) in [7, 11) is 1.87. The van der Waals surface area contributed by atoms with Crippen LogP contribution in [0.3, 0.4) is 0 Å². The van der Waals surface area contributed by atoms with Crippen molar-refractivity contribution in [3.8, 4) is 0 Å². The molecule has 0 aliphatic heterocycles. The average molecular weight is 245 g/mol. The van der Waals surface area contributed by atoms with Crippen molar-refractivity contribution in [2.45, 2.75) is 46.1 Å². The maximum absolute atomic E-state index is 10.3. The van der Waals surface area contributed by atoms with Gasteiger partial charge in [0.25, 0.3) is 0 Å². The van der Waals surface area contributed by atoms with Gasteiger partial charge in [-0.15, -0.1) is 0 Å². The van der Waals surface area contributed by atoms with Crippen LogP contribution in [0.4, 0.5) is 0 Å². The molecule has 0 amide bonds. The third-order valence-corrected chi connectivity index (χ3v) is 3.71. The zero-order valence-electron chi connectivity index (χ0n) is 10.7. The van der Waals surface area contributed by atoms with Gasteiger partial charge in [0.15, 0.2) is 0 Å². The Morgan fingerprint density at radius 2 is 2.06 bits per heavy atom. The van der Waals surface area contributed by atoms with Crippen molar-refractivity contribution in [1.82, 2.24) is 9.78 Å². The number of aryl methyl sites for hydroxylation is 2. The number of aliphatic hydroxyl groups is 1. The van der Waals surface area contributed by atoms with Crippen LogP contribution >= 0.6 is 11.6 Å². The average Bonchev–Trinajstić information content (AvgIpc) is 2.44. The second kappa shape index (κ2) is 4.76. The van der Waals surface area contributed by atoms with Crippen molar-refractivity contribution in [1.29, 1.82) is 0 Å². The number of rotatable bonds is 4. The summed E-state index contributed by atoms with van der Waals surface area (Å²) in [4.78, 5) is 0. The van der Waals surface area contributed by atoms with Gasteiger partial charge in [-0.25, -0.2) is 0 Å². The molecule has 1 heterocycles. The lowest BCUT2D eigenvalue weighted by atomic mass is 9.88. The molecule has 0 fully saturated rings. The highest BCUT2D eigenvalue weighted by Gasteiger charge is 2.28. The Bertz CT molecular complexity index is 369. The molecular weight excluding hydrogens is 224 g/mol. The van der Waals surface area contributed by atoms with Crippen molar-refractivity contribution in [3.63, 3.8) is 0 Å². The number of aromatic nitrogens is 2. The van der Waals surface area contributed by atoms with E-state index in [0.717, 1.165) is 17.8 Å². The summed E-state index contributed by atoms with van der Waals surface area (Å²) in [5.74, 6) is 0.184. The second-order valence-corrected chi connectivity index (χ2v) is 5.25. The molecule has 3 nitrogen and oxygen atoms in total. The van der Waals surface area contributed by atoms with Gasteiger partial charge in [-0.3, -0.25) is 4.68 Å². The summed E-state index contributed by atoms with van der Waals surface area (Å²) in [5.41, 5.74) is 1.07. The normalized spacial score (nSPS) is 15.5. The molecule has 0 spiro atoms. The monoisotopic (exact) mass is 244 g/mol. The number of hydrogen-bond acceptors (Lipinski definition) is 2. The molecule has 4 heteroatoms. The van der Waals surface area contributed by atoms with Crippen LogP contribution in [0.25, 0.3) is 0 Å².